The van der Waals surface area contributed by atoms with Crippen molar-refractivity contribution in [1.29, 1.82) is 0 Å². The first-order chi connectivity index (χ1) is 6.75. The minimum atomic E-state index is 0.238. The second kappa shape index (κ2) is 4.30. The van der Waals surface area contributed by atoms with Crippen LogP contribution in [0, 0.1) is 11.8 Å². The molecule has 3 nitrogen and oxygen atoms in total. The van der Waals surface area contributed by atoms with Crippen molar-refractivity contribution in [3.63, 3.8) is 0 Å². The van der Waals surface area contributed by atoms with Crippen molar-refractivity contribution in [1.82, 2.24) is 10.6 Å². The highest BCUT2D eigenvalue weighted by Crippen LogP contribution is 2.24. The first kappa shape index (κ1) is 9.97. The highest BCUT2D eigenvalue weighted by atomic mass is 16.1. The molecule has 2 fully saturated rings. The van der Waals surface area contributed by atoms with Crippen LogP contribution in [0.5, 0.6) is 0 Å². The lowest BCUT2D eigenvalue weighted by molar-refractivity contribution is -0.123. The molecule has 0 aromatic heterocycles. The Morgan fingerprint density at radius 2 is 2.14 bits per heavy atom. The van der Waals surface area contributed by atoms with Gasteiger partial charge in [-0.15, -0.1) is 0 Å². The van der Waals surface area contributed by atoms with Crippen molar-refractivity contribution in [3.8, 4) is 0 Å². The van der Waals surface area contributed by atoms with Crippen LogP contribution in [0.1, 0.15) is 32.6 Å². The maximum atomic E-state index is 11.2. The molecule has 0 aliphatic carbocycles. The number of hydrogen-bond acceptors (Lipinski definition) is 2. The number of carbonyl (C=O) groups excluding carboxylic acids is 1. The van der Waals surface area contributed by atoms with E-state index in [4.69, 9.17) is 0 Å². The lowest BCUT2D eigenvalue weighted by Crippen LogP contribution is -2.47. The molecule has 2 heterocycles. The van der Waals surface area contributed by atoms with Crippen molar-refractivity contribution < 1.29 is 4.79 Å². The van der Waals surface area contributed by atoms with Gasteiger partial charge in [-0.05, 0) is 37.6 Å². The summed E-state index contributed by atoms with van der Waals surface area (Å²) in [7, 11) is 0. The molecule has 2 aliphatic heterocycles. The third-order valence-corrected chi connectivity index (χ3v) is 3.55. The van der Waals surface area contributed by atoms with Gasteiger partial charge in [0, 0.05) is 19.0 Å². The molecule has 80 valence electrons. The molecule has 0 aromatic carbocycles. The molecule has 3 unspecified atom stereocenters. The Morgan fingerprint density at radius 3 is 2.79 bits per heavy atom. The standard InChI is InChI=1S/C11H20N2O/c1-8-2-3-10(13-7-8)9-4-5-12-11(14)6-9/h8-10,13H,2-7H2,1H3,(H,12,14). The first-order valence-electron chi connectivity index (χ1n) is 5.76. The number of piperidine rings is 2. The van der Waals surface area contributed by atoms with Gasteiger partial charge < -0.3 is 10.6 Å². The summed E-state index contributed by atoms with van der Waals surface area (Å²) in [5.74, 6) is 1.63. The summed E-state index contributed by atoms with van der Waals surface area (Å²) in [6.45, 7) is 4.29. The fourth-order valence-electron chi connectivity index (χ4n) is 2.58. The smallest absolute Gasteiger partial charge is 0.220 e. The fourth-order valence-corrected chi connectivity index (χ4v) is 2.58. The average Bonchev–Trinajstić information content (AvgIpc) is 2.19. The molecule has 0 bridgehead atoms. The quantitative estimate of drug-likeness (QED) is 0.654. The molecule has 0 spiro atoms. The summed E-state index contributed by atoms with van der Waals surface area (Å²) < 4.78 is 0. The molecule has 2 aliphatic rings. The first-order valence-corrected chi connectivity index (χ1v) is 5.76. The predicted octanol–water partition coefficient (Wildman–Crippen LogP) is 0.901. The van der Waals surface area contributed by atoms with Gasteiger partial charge in [-0.25, -0.2) is 0 Å². The van der Waals surface area contributed by atoms with E-state index in [9.17, 15) is 4.79 Å². The average molecular weight is 196 g/mol. The monoisotopic (exact) mass is 196 g/mol. The highest BCUT2D eigenvalue weighted by molar-refractivity contribution is 5.76. The van der Waals surface area contributed by atoms with E-state index in [-0.39, 0.29) is 5.91 Å². The van der Waals surface area contributed by atoms with E-state index < -0.39 is 0 Å². The molecule has 2 rings (SSSR count). The molecule has 0 aromatic rings. The molecule has 2 N–H and O–H groups in total. The Bertz CT molecular complexity index is 209. The van der Waals surface area contributed by atoms with E-state index in [0.717, 1.165) is 31.8 Å². The Hall–Kier alpha value is -0.570. The fraction of sp³-hybridized carbons (Fsp3) is 0.909. The van der Waals surface area contributed by atoms with Gasteiger partial charge in [0.1, 0.15) is 0 Å². The van der Waals surface area contributed by atoms with Crippen LogP contribution in [0.25, 0.3) is 0 Å². The van der Waals surface area contributed by atoms with Crippen molar-refractivity contribution in [2.45, 2.75) is 38.6 Å². The summed E-state index contributed by atoms with van der Waals surface area (Å²) in [5, 5.41) is 6.47. The zero-order valence-corrected chi connectivity index (χ0v) is 8.88. The van der Waals surface area contributed by atoms with Crippen LogP contribution >= 0.6 is 0 Å². The number of carbonyl (C=O) groups is 1. The van der Waals surface area contributed by atoms with Gasteiger partial charge in [-0.2, -0.15) is 0 Å². The summed E-state index contributed by atoms with van der Waals surface area (Å²) in [4.78, 5) is 11.2. The molecule has 3 heteroatoms. The van der Waals surface area contributed by atoms with Crippen LogP contribution in [0.3, 0.4) is 0 Å². The minimum Gasteiger partial charge on any atom is -0.356 e. The van der Waals surface area contributed by atoms with Gasteiger partial charge in [-0.1, -0.05) is 6.92 Å². The van der Waals surface area contributed by atoms with Crippen molar-refractivity contribution >= 4 is 5.91 Å². The Morgan fingerprint density at radius 1 is 1.29 bits per heavy atom. The third kappa shape index (κ3) is 2.27. The number of amides is 1. The molecule has 2 saturated heterocycles. The molecule has 14 heavy (non-hydrogen) atoms. The minimum absolute atomic E-state index is 0.238. The van der Waals surface area contributed by atoms with Crippen LogP contribution < -0.4 is 10.6 Å². The van der Waals surface area contributed by atoms with E-state index in [2.05, 4.69) is 17.6 Å². The van der Waals surface area contributed by atoms with Crippen LogP contribution in [0.15, 0.2) is 0 Å². The van der Waals surface area contributed by atoms with Gasteiger partial charge in [0.05, 0.1) is 0 Å². The summed E-state index contributed by atoms with van der Waals surface area (Å²) in [5.41, 5.74) is 0. The maximum Gasteiger partial charge on any atom is 0.220 e. The van der Waals surface area contributed by atoms with Crippen molar-refractivity contribution in [2.24, 2.45) is 11.8 Å². The zero-order chi connectivity index (χ0) is 9.97. The topological polar surface area (TPSA) is 41.1 Å². The number of nitrogens with one attached hydrogen (secondary N) is 2. The lowest BCUT2D eigenvalue weighted by Gasteiger charge is -2.35. The maximum absolute atomic E-state index is 11.2. The van der Waals surface area contributed by atoms with Crippen LogP contribution in [0.2, 0.25) is 0 Å². The molecular weight excluding hydrogens is 176 g/mol. The van der Waals surface area contributed by atoms with Crippen LogP contribution in [-0.2, 0) is 4.79 Å². The van der Waals surface area contributed by atoms with E-state index in [0.29, 0.717) is 12.0 Å². The van der Waals surface area contributed by atoms with Crippen LogP contribution in [-0.4, -0.2) is 25.0 Å². The Labute approximate surface area is 85.6 Å². The van der Waals surface area contributed by atoms with Crippen molar-refractivity contribution in [2.75, 3.05) is 13.1 Å². The Balaban J connectivity index is 1.85. The number of rotatable bonds is 1. The largest absolute Gasteiger partial charge is 0.356 e. The van der Waals surface area contributed by atoms with Gasteiger partial charge in [-0.3, -0.25) is 4.79 Å². The van der Waals surface area contributed by atoms with Gasteiger partial charge in [0.2, 0.25) is 5.91 Å². The summed E-state index contributed by atoms with van der Waals surface area (Å²) in [6.07, 6.45) is 4.44. The van der Waals surface area contributed by atoms with E-state index in [1.54, 1.807) is 0 Å². The zero-order valence-electron chi connectivity index (χ0n) is 8.88. The molecule has 1 amide bonds. The van der Waals surface area contributed by atoms with Gasteiger partial charge in [0.15, 0.2) is 0 Å². The second-order valence-electron chi connectivity index (χ2n) is 4.80. The normalized spacial score (nSPS) is 39.2. The molecule has 0 radical (unpaired) electrons. The van der Waals surface area contributed by atoms with E-state index in [1.807, 2.05) is 0 Å². The highest BCUT2D eigenvalue weighted by Gasteiger charge is 2.29. The summed E-state index contributed by atoms with van der Waals surface area (Å²) in [6, 6.07) is 0.595. The molecule has 0 saturated carbocycles. The second-order valence-corrected chi connectivity index (χ2v) is 4.80. The summed E-state index contributed by atoms with van der Waals surface area (Å²) >= 11 is 0. The van der Waals surface area contributed by atoms with Gasteiger partial charge >= 0.3 is 0 Å². The molecule has 3 atom stereocenters. The third-order valence-electron chi connectivity index (χ3n) is 3.55. The molecular formula is C11H20N2O. The Kier molecular flexibility index (Phi) is 3.06. The number of hydrogen-bond donors (Lipinski definition) is 2. The van der Waals surface area contributed by atoms with Crippen LogP contribution in [0.4, 0.5) is 0 Å². The van der Waals surface area contributed by atoms with Gasteiger partial charge in [0.25, 0.3) is 0 Å². The predicted molar refractivity (Wildman–Crippen MR) is 55.9 cm³/mol. The van der Waals surface area contributed by atoms with E-state index in [1.165, 1.54) is 12.8 Å². The van der Waals surface area contributed by atoms with Crippen molar-refractivity contribution in [3.05, 3.63) is 0 Å². The SMILES string of the molecule is CC1CCC(C2CCNC(=O)C2)NC1. The lowest BCUT2D eigenvalue weighted by atomic mass is 9.83. The van der Waals surface area contributed by atoms with E-state index >= 15 is 0 Å².